The molecule has 0 aromatic rings. The van der Waals surface area contributed by atoms with E-state index >= 15 is 0 Å². The maximum atomic E-state index is 11.0. The summed E-state index contributed by atoms with van der Waals surface area (Å²) in [7, 11) is 0. The number of thioether (sulfide) groups is 1. The monoisotopic (exact) mass is 203 g/mol. The summed E-state index contributed by atoms with van der Waals surface area (Å²) in [6.45, 7) is 2.23. The van der Waals surface area contributed by atoms with Gasteiger partial charge in [-0.1, -0.05) is 6.92 Å². The third-order valence-corrected chi connectivity index (χ3v) is 3.34. The van der Waals surface area contributed by atoms with Gasteiger partial charge in [-0.2, -0.15) is 11.8 Å². The van der Waals surface area contributed by atoms with Gasteiger partial charge >= 0.3 is 0 Å². The van der Waals surface area contributed by atoms with Crippen LogP contribution in [-0.4, -0.2) is 34.7 Å². The number of amides is 1. The lowest BCUT2D eigenvalue weighted by Crippen LogP contribution is -2.45. The summed E-state index contributed by atoms with van der Waals surface area (Å²) in [5, 5.41) is 12.7. The molecule has 76 valence electrons. The molecule has 0 unspecified atom stereocenters. The average Bonchev–Trinajstić information content (AvgIpc) is 2.15. The molecule has 0 bridgehead atoms. The molecule has 13 heavy (non-hydrogen) atoms. The Hall–Kier alpha value is -0.220. The smallest absolute Gasteiger partial charge is 0.219 e. The SMILES string of the molecule is CCC(=O)NCC1(O)CCSCC1. The Balaban J connectivity index is 2.28. The second-order valence-corrected chi connectivity index (χ2v) is 4.69. The van der Waals surface area contributed by atoms with Crippen LogP contribution in [0.4, 0.5) is 0 Å². The van der Waals surface area contributed by atoms with E-state index in [-0.39, 0.29) is 5.91 Å². The standard InChI is InChI=1S/C9H17NO2S/c1-2-8(11)10-7-9(12)3-5-13-6-4-9/h12H,2-7H2,1H3,(H,10,11). The van der Waals surface area contributed by atoms with Gasteiger partial charge in [0.2, 0.25) is 5.91 Å². The van der Waals surface area contributed by atoms with Crippen molar-refractivity contribution in [3.05, 3.63) is 0 Å². The van der Waals surface area contributed by atoms with E-state index in [9.17, 15) is 9.90 Å². The highest BCUT2D eigenvalue weighted by molar-refractivity contribution is 7.99. The van der Waals surface area contributed by atoms with Crippen molar-refractivity contribution in [3.63, 3.8) is 0 Å². The molecule has 1 heterocycles. The van der Waals surface area contributed by atoms with Crippen LogP contribution >= 0.6 is 11.8 Å². The summed E-state index contributed by atoms with van der Waals surface area (Å²) >= 11 is 1.86. The molecule has 1 amide bonds. The number of carbonyl (C=O) groups excluding carboxylic acids is 1. The lowest BCUT2D eigenvalue weighted by atomic mass is 9.97. The lowest BCUT2D eigenvalue weighted by molar-refractivity contribution is -0.122. The first-order valence-corrected chi connectivity index (χ1v) is 5.88. The van der Waals surface area contributed by atoms with E-state index in [1.54, 1.807) is 0 Å². The highest BCUT2D eigenvalue weighted by Gasteiger charge is 2.29. The first-order valence-electron chi connectivity index (χ1n) is 4.73. The van der Waals surface area contributed by atoms with Crippen molar-refractivity contribution in [1.82, 2.24) is 5.32 Å². The van der Waals surface area contributed by atoms with Gasteiger partial charge in [0, 0.05) is 13.0 Å². The highest BCUT2D eigenvalue weighted by atomic mass is 32.2. The highest BCUT2D eigenvalue weighted by Crippen LogP contribution is 2.26. The summed E-state index contributed by atoms with van der Waals surface area (Å²) in [6.07, 6.45) is 2.08. The molecule has 1 aliphatic heterocycles. The van der Waals surface area contributed by atoms with E-state index in [4.69, 9.17) is 0 Å². The molecule has 4 heteroatoms. The van der Waals surface area contributed by atoms with Gasteiger partial charge in [-0.05, 0) is 24.3 Å². The molecule has 0 spiro atoms. The predicted molar refractivity (Wildman–Crippen MR) is 54.8 cm³/mol. The Labute approximate surface area is 83.3 Å². The van der Waals surface area contributed by atoms with Gasteiger partial charge in [-0.25, -0.2) is 0 Å². The fourth-order valence-electron chi connectivity index (χ4n) is 1.32. The number of carbonyl (C=O) groups is 1. The molecule has 0 aliphatic carbocycles. The number of hydrogen-bond donors (Lipinski definition) is 2. The molecule has 0 saturated carbocycles. The fraction of sp³-hybridized carbons (Fsp3) is 0.889. The van der Waals surface area contributed by atoms with E-state index in [1.807, 2.05) is 18.7 Å². The Morgan fingerprint density at radius 2 is 2.15 bits per heavy atom. The molecular formula is C9H17NO2S. The van der Waals surface area contributed by atoms with Crippen molar-refractivity contribution < 1.29 is 9.90 Å². The zero-order chi connectivity index (χ0) is 9.73. The minimum absolute atomic E-state index is 0.0200. The molecule has 1 saturated heterocycles. The number of rotatable bonds is 3. The van der Waals surface area contributed by atoms with Gasteiger partial charge in [0.1, 0.15) is 0 Å². The Kier molecular flexibility index (Phi) is 4.06. The molecule has 2 N–H and O–H groups in total. The van der Waals surface area contributed by atoms with Crippen LogP contribution < -0.4 is 5.32 Å². The van der Waals surface area contributed by atoms with Crippen LogP contribution in [0.2, 0.25) is 0 Å². The Morgan fingerprint density at radius 1 is 1.54 bits per heavy atom. The van der Waals surface area contributed by atoms with E-state index in [2.05, 4.69) is 5.32 Å². The summed E-state index contributed by atoms with van der Waals surface area (Å²) in [5.41, 5.74) is -0.643. The minimum Gasteiger partial charge on any atom is -0.388 e. The zero-order valence-corrected chi connectivity index (χ0v) is 8.82. The molecule has 1 rings (SSSR count). The summed E-state index contributed by atoms with van der Waals surface area (Å²) in [6, 6.07) is 0. The van der Waals surface area contributed by atoms with Gasteiger partial charge < -0.3 is 10.4 Å². The van der Waals surface area contributed by atoms with Gasteiger partial charge in [-0.15, -0.1) is 0 Å². The Bertz CT molecular complexity index is 178. The van der Waals surface area contributed by atoms with E-state index in [0.29, 0.717) is 13.0 Å². The summed E-state index contributed by atoms with van der Waals surface area (Å²) in [5.74, 6) is 2.02. The molecule has 1 aliphatic rings. The second kappa shape index (κ2) is 4.86. The van der Waals surface area contributed by atoms with Crippen LogP contribution in [-0.2, 0) is 4.79 Å². The van der Waals surface area contributed by atoms with E-state index < -0.39 is 5.60 Å². The largest absolute Gasteiger partial charge is 0.388 e. The van der Waals surface area contributed by atoms with Gasteiger partial charge in [0.05, 0.1) is 5.60 Å². The number of nitrogens with one attached hydrogen (secondary N) is 1. The van der Waals surface area contributed by atoms with Crippen molar-refractivity contribution in [2.45, 2.75) is 31.8 Å². The van der Waals surface area contributed by atoms with Crippen molar-refractivity contribution in [3.8, 4) is 0 Å². The molecule has 3 nitrogen and oxygen atoms in total. The van der Waals surface area contributed by atoms with Crippen LogP contribution in [0.25, 0.3) is 0 Å². The maximum Gasteiger partial charge on any atom is 0.219 e. The van der Waals surface area contributed by atoms with Gasteiger partial charge in [0.15, 0.2) is 0 Å². The summed E-state index contributed by atoms with van der Waals surface area (Å²) < 4.78 is 0. The fourth-order valence-corrected chi connectivity index (χ4v) is 2.57. The minimum atomic E-state index is -0.643. The quantitative estimate of drug-likeness (QED) is 0.712. The molecule has 1 fully saturated rings. The molecule has 0 aromatic heterocycles. The normalized spacial score (nSPS) is 21.1. The van der Waals surface area contributed by atoms with Crippen molar-refractivity contribution >= 4 is 17.7 Å². The average molecular weight is 203 g/mol. The van der Waals surface area contributed by atoms with Crippen LogP contribution in [0.1, 0.15) is 26.2 Å². The van der Waals surface area contributed by atoms with Crippen molar-refractivity contribution in [2.24, 2.45) is 0 Å². The Morgan fingerprint density at radius 3 is 2.69 bits per heavy atom. The van der Waals surface area contributed by atoms with Crippen molar-refractivity contribution in [1.29, 1.82) is 0 Å². The first-order chi connectivity index (χ1) is 6.16. The third kappa shape index (κ3) is 3.56. The molecule has 0 aromatic carbocycles. The topological polar surface area (TPSA) is 49.3 Å². The maximum absolute atomic E-state index is 11.0. The second-order valence-electron chi connectivity index (χ2n) is 3.47. The summed E-state index contributed by atoms with van der Waals surface area (Å²) in [4.78, 5) is 11.0. The van der Waals surface area contributed by atoms with Crippen molar-refractivity contribution in [2.75, 3.05) is 18.1 Å². The first kappa shape index (κ1) is 10.9. The van der Waals surface area contributed by atoms with Crippen LogP contribution in [0, 0.1) is 0 Å². The number of aliphatic hydroxyl groups is 1. The van der Waals surface area contributed by atoms with Crippen LogP contribution in [0.3, 0.4) is 0 Å². The zero-order valence-electron chi connectivity index (χ0n) is 8.01. The van der Waals surface area contributed by atoms with Gasteiger partial charge in [-0.3, -0.25) is 4.79 Å². The number of hydrogen-bond acceptors (Lipinski definition) is 3. The van der Waals surface area contributed by atoms with Crippen LogP contribution in [0.15, 0.2) is 0 Å². The van der Waals surface area contributed by atoms with Crippen LogP contribution in [0.5, 0.6) is 0 Å². The predicted octanol–water partition coefficient (Wildman–Crippen LogP) is 0.771. The third-order valence-electron chi connectivity index (χ3n) is 2.36. The molecular weight excluding hydrogens is 186 g/mol. The van der Waals surface area contributed by atoms with Gasteiger partial charge in [0.25, 0.3) is 0 Å². The lowest BCUT2D eigenvalue weighted by Gasteiger charge is -2.31. The molecule has 0 atom stereocenters. The molecule has 0 radical (unpaired) electrons. The van der Waals surface area contributed by atoms with E-state index in [1.165, 1.54) is 0 Å². The van der Waals surface area contributed by atoms with E-state index in [0.717, 1.165) is 24.3 Å².